The van der Waals surface area contributed by atoms with Gasteiger partial charge < -0.3 is 14.9 Å². The van der Waals surface area contributed by atoms with Gasteiger partial charge in [0.1, 0.15) is 17.3 Å². The summed E-state index contributed by atoms with van der Waals surface area (Å²) < 4.78 is 11.1. The Morgan fingerprint density at radius 2 is 2.05 bits per heavy atom. The van der Waals surface area contributed by atoms with Crippen LogP contribution in [0.4, 0.5) is 0 Å². The molecule has 21 heavy (non-hydrogen) atoms. The van der Waals surface area contributed by atoms with Crippen LogP contribution in [0.1, 0.15) is 13.8 Å². The Hall–Kier alpha value is -2.53. The number of methoxy groups -OCH3 is 1. The van der Waals surface area contributed by atoms with Gasteiger partial charge in [0.25, 0.3) is 0 Å². The number of hydrogen-bond acceptors (Lipinski definition) is 5. The molecule has 0 saturated heterocycles. The number of fused-ring (bicyclic) bond motifs is 1. The second-order valence-electron chi connectivity index (χ2n) is 4.57. The summed E-state index contributed by atoms with van der Waals surface area (Å²) in [4.78, 5) is 4.33. The highest BCUT2D eigenvalue weighted by molar-refractivity contribution is 5.86. The third-order valence-electron chi connectivity index (χ3n) is 2.98. The number of benzene rings is 1. The van der Waals surface area contributed by atoms with Crippen molar-refractivity contribution >= 4 is 10.9 Å². The maximum Gasteiger partial charge on any atom is 0.137 e. The number of hydrogen-bond donors (Lipinski definition) is 2. The monoisotopic (exact) mass is 285 g/mol. The van der Waals surface area contributed by atoms with Gasteiger partial charge in [-0.05, 0) is 44.2 Å². The summed E-state index contributed by atoms with van der Waals surface area (Å²) in [5.41, 5.74) is 4.24. The molecule has 0 aliphatic rings. The molecule has 0 spiro atoms. The van der Waals surface area contributed by atoms with E-state index in [0.29, 0.717) is 0 Å². The Kier molecular flexibility index (Phi) is 4.79. The van der Waals surface area contributed by atoms with Crippen molar-refractivity contribution in [1.29, 1.82) is 0 Å². The second-order valence-corrected chi connectivity index (χ2v) is 4.57. The van der Waals surface area contributed by atoms with Crippen molar-refractivity contribution in [2.75, 3.05) is 7.11 Å². The van der Waals surface area contributed by atoms with Gasteiger partial charge in [0.05, 0.1) is 12.6 Å². The zero-order chi connectivity index (χ0) is 15.2. The summed E-state index contributed by atoms with van der Waals surface area (Å²) in [5, 5.41) is 0.934. The van der Waals surface area contributed by atoms with Gasteiger partial charge in [0.15, 0.2) is 0 Å². The third-order valence-corrected chi connectivity index (χ3v) is 2.98. The summed E-state index contributed by atoms with van der Waals surface area (Å²) in [6, 6.07) is 7.54. The van der Waals surface area contributed by atoms with Crippen molar-refractivity contribution in [3.8, 4) is 11.5 Å². The first-order chi connectivity index (χ1) is 10.1. The van der Waals surface area contributed by atoms with Crippen molar-refractivity contribution in [2.24, 2.45) is 5.84 Å². The molecule has 0 unspecified atom stereocenters. The van der Waals surface area contributed by atoms with Crippen LogP contribution in [0.5, 0.6) is 11.5 Å². The Balaban J connectivity index is 2.30. The van der Waals surface area contributed by atoms with Crippen LogP contribution >= 0.6 is 0 Å². The number of nitrogens with zero attached hydrogens (tertiary/aromatic N) is 1. The van der Waals surface area contributed by atoms with E-state index in [4.69, 9.17) is 15.3 Å². The predicted molar refractivity (Wildman–Crippen MR) is 83.8 cm³/mol. The fourth-order valence-electron chi connectivity index (χ4n) is 1.82. The lowest BCUT2D eigenvalue weighted by molar-refractivity contribution is 0.415. The SMILES string of the molecule is COc1ccc2c(O/C(C)=C/C=C(\C)NN)ccnc2c1. The van der Waals surface area contributed by atoms with E-state index in [2.05, 4.69) is 10.4 Å². The van der Waals surface area contributed by atoms with Gasteiger partial charge in [-0.1, -0.05) is 0 Å². The highest BCUT2D eigenvalue weighted by Gasteiger charge is 2.05. The fourth-order valence-corrected chi connectivity index (χ4v) is 1.82. The normalized spacial score (nSPS) is 12.4. The van der Waals surface area contributed by atoms with Gasteiger partial charge >= 0.3 is 0 Å². The van der Waals surface area contributed by atoms with Crippen LogP contribution in [-0.2, 0) is 0 Å². The molecule has 2 rings (SSSR count). The Morgan fingerprint density at radius 3 is 2.76 bits per heavy atom. The summed E-state index contributed by atoms with van der Waals surface area (Å²) >= 11 is 0. The smallest absolute Gasteiger partial charge is 0.137 e. The maximum atomic E-state index is 5.86. The van der Waals surface area contributed by atoms with Crippen molar-refractivity contribution in [1.82, 2.24) is 10.4 Å². The first-order valence-electron chi connectivity index (χ1n) is 6.56. The van der Waals surface area contributed by atoms with Gasteiger partial charge in [-0.15, -0.1) is 0 Å². The van der Waals surface area contributed by atoms with E-state index < -0.39 is 0 Å². The number of allylic oxidation sites excluding steroid dienone is 4. The van der Waals surface area contributed by atoms with Crippen LogP contribution < -0.4 is 20.7 Å². The fraction of sp³-hybridized carbons (Fsp3) is 0.188. The van der Waals surface area contributed by atoms with Gasteiger partial charge in [-0.25, -0.2) is 0 Å². The summed E-state index contributed by atoms with van der Waals surface area (Å²) in [6.07, 6.45) is 5.42. The van der Waals surface area contributed by atoms with E-state index in [1.54, 1.807) is 13.3 Å². The third kappa shape index (κ3) is 3.73. The Morgan fingerprint density at radius 1 is 1.24 bits per heavy atom. The molecule has 0 aliphatic carbocycles. The van der Waals surface area contributed by atoms with E-state index >= 15 is 0 Å². The molecule has 0 aliphatic heterocycles. The molecule has 1 heterocycles. The maximum absolute atomic E-state index is 5.86. The van der Waals surface area contributed by atoms with Crippen LogP contribution in [0, 0.1) is 0 Å². The van der Waals surface area contributed by atoms with E-state index in [1.165, 1.54) is 0 Å². The number of rotatable bonds is 5. The van der Waals surface area contributed by atoms with Crippen molar-refractivity contribution in [3.05, 3.63) is 54.1 Å². The molecule has 110 valence electrons. The van der Waals surface area contributed by atoms with E-state index in [9.17, 15) is 0 Å². The molecule has 0 atom stereocenters. The highest BCUT2D eigenvalue weighted by atomic mass is 16.5. The number of nitrogens with one attached hydrogen (secondary N) is 1. The van der Waals surface area contributed by atoms with Gasteiger partial charge in [0.2, 0.25) is 0 Å². The van der Waals surface area contributed by atoms with Crippen molar-refractivity contribution in [3.63, 3.8) is 0 Å². The number of nitrogens with two attached hydrogens (primary N) is 1. The standard InChI is InChI=1S/C16H19N3O2/c1-11(19-17)4-5-12(2)21-16-8-9-18-15-10-13(20-3)6-7-14(15)16/h4-10,19H,17H2,1-3H3/b11-4+,12-5+. The predicted octanol–water partition coefficient (Wildman–Crippen LogP) is 2.89. The zero-order valence-electron chi connectivity index (χ0n) is 12.4. The average Bonchev–Trinajstić information content (AvgIpc) is 2.52. The summed E-state index contributed by atoms with van der Waals surface area (Å²) in [5.74, 6) is 7.58. The molecule has 1 aromatic heterocycles. The molecule has 5 nitrogen and oxygen atoms in total. The Bertz CT molecular complexity index is 693. The summed E-state index contributed by atoms with van der Waals surface area (Å²) in [7, 11) is 1.63. The van der Waals surface area contributed by atoms with Crippen LogP contribution in [0.2, 0.25) is 0 Å². The lowest BCUT2D eigenvalue weighted by Crippen LogP contribution is -2.18. The van der Waals surface area contributed by atoms with Crippen LogP contribution in [0.15, 0.2) is 54.1 Å². The number of aromatic nitrogens is 1. The molecule has 3 N–H and O–H groups in total. The summed E-state index contributed by atoms with van der Waals surface area (Å²) in [6.45, 7) is 3.76. The minimum Gasteiger partial charge on any atom is -0.497 e. The molecule has 0 bridgehead atoms. The molecule has 0 saturated carbocycles. The Labute approximate surface area is 124 Å². The highest BCUT2D eigenvalue weighted by Crippen LogP contribution is 2.28. The van der Waals surface area contributed by atoms with Gasteiger partial charge in [-0.3, -0.25) is 10.8 Å². The van der Waals surface area contributed by atoms with Crippen molar-refractivity contribution < 1.29 is 9.47 Å². The number of hydrazine groups is 1. The lowest BCUT2D eigenvalue weighted by Gasteiger charge is -2.09. The topological polar surface area (TPSA) is 69.4 Å². The van der Waals surface area contributed by atoms with Crippen LogP contribution in [0.25, 0.3) is 10.9 Å². The van der Waals surface area contributed by atoms with Crippen LogP contribution in [-0.4, -0.2) is 12.1 Å². The number of ether oxygens (including phenoxy) is 2. The largest absolute Gasteiger partial charge is 0.497 e. The first kappa shape index (κ1) is 14.9. The lowest BCUT2D eigenvalue weighted by atomic mass is 10.2. The molecular weight excluding hydrogens is 266 g/mol. The average molecular weight is 285 g/mol. The zero-order valence-corrected chi connectivity index (χ0v) is 12.4. The van der Waals surface area contributed by atoms with Crippen LogP contribution in [0.3, 0.4) is 0 Å². The second kappa shape index (κ2) is 6.76. The number of pyridine rings is 1. The molecule has 0 amide bonds. The van der Waals surface area contributed by atoms with E-state index in [0.717, 1.165) is 33.9 Å². The van der Waals surface area contributed by atoms with E-state index in [-0.39, 0.29) is 0 Å². The minimum atomic E-state index is 0.753. The molecule has 5 heteroatoms. The van der Waals surface area contributed by atoms with Crippen molar-refractivity contribution in [2.45, 2.75) is 13.8 Å². The van der Waals surface area contributed by atoms with E-state index in [1.807, 2.05) is 50.3 Å². The molecule has 0 fully saturated rings. The van der Waals surface area contributed by atoms with Gasteiger partial charge in [-0.2, -0.15) is 0 Å². The van der Waals surface area contributed by atoms with Gasteiger partial charge in [0, 0.05) is 23.3 Å². The molecular formula is C16H19N3O2. The minimum absolute atomic E-state index is 0.753. The quantitative estimate of drug-likeness (QED) is 0.382. The first-order valence-corrected chi connectivity index (χ1v) is 6.56. The molecule has 0 radical (unpaired) electrons. The molecule has 2 aromatic rings. The molecule has 1 aromatic carbocycles.